The fraction of sp³-hybridized carbons (Fsp3) is 0.304. The number of carbonyl (C=O) groups is 2. The first-order valence-electron chi connectivity index (χ1n) is 9.75. The number of phenols is 1. The van der Waals surface area contributed by atoms with Gasteiger partial charge in [0.2, 0.25) is 0 Å². The van der Waals surface area contributed by atoms with Gasteiger partial charge in [-0.3, -0.25) is 0 Å². The molecule has 0 aliphatic rings. The van der Waals surface area contributed by atoms with Crippen molar-refractivity contribution in [3.8, 4) is 5.75 Å². The number of hydrogen-bond donors (Lipinski definition) is 2. The summed E-state index contributed by atoms with van der Waals surface area (Å²) in [5, 5.41) is 12.1. The lowest BCUT2D eigenvalue weighted by Crippen LogP contribution is -2.42. The van der Waals surface area contributed by atoms with Crippen LogP contribution in [0.2, 0.25) is 0 Å². The van der Waals surface area contributed by atoms with E-state index in [4.69, 9.17) is 9.47 Å². The second-order valence-corrected chi connectivity index (χ2v) is 7.69. The molecule has 7 heteroatoms. The summed E-state index contributed by atoms with van der Waals surface area (Å²) in [7, 11) is 0. The maximum absolute atomic E-state index is 12.3. The van der Waals surface area contributed by atoms with Crippen LogP contribution >= 0.6 is 11.8 Å². The molecule has 0 fully saturated rings. The number of alkyl carbamates (subject to hydrolysis) is 1. The summed E-state index contributed by atoms with van der Waals surface area (Å²) in [4.78, 5) is 25.4. The lowest BCUT2D eigenvalue weighted by molar-refractivity contribution is -0.145. The van der Waals surface area contributed by atoms with Crippen LogP contribution in [0, 0.1) is 0 Å². The summed E-state index contributed by atoms with van der Waals surface area (Å²) in [6.45, 7) is 3.74. The van der Waals surface area contributed by atoms with Crippen molar-refractivity contribution >= 4 is 23.8 Å². The molecule has 2 rings (SSSR count). The standard InChI is InChI=1S/C23H27NO5S/c1-2-14-28-22(26)21(24-23(27)29-17-18-9-4-3-5-10-18)13-6-7-15-30-20-12-8-11-19(25)16-20/h2-5,8-12,16,21,25H,1,6-7,13-15,17H2,(H,24,27)/t21-/m0/s1. The molecule has 0 aliphatic carbocycles. The van der Waals surface area contributed by atoms with E-state index in [1.165, 1.54) is 6.08 Å². The molecule has 2 N–H and O–H groups in total. The zero-order valence-electron chi connectivity index (χ0n) is 16.8. The molecular formula is C23H27NO5S. The zero-order chi connectivity index (χ0) is 21.6. The van der Waals surface area contributed by atoms with E-state index in [2.05, 4.69) is 11.9 Å². The highest BCUT2D eigenvalue weighted by molar-refractivity contribution is 7.99. The first-order valence-corrected chi connectivity index (χ1v) is 10.7. The fourth-order valence-corrected chi connectivity index (χ4v) is 3.57. The number of esters is 1. The predicted octanol–water partition coefficient (Wildman–Crippen LogP) is 4.68. The van der Waals surface area contributed by atoms with Crippen molar-refractivity contribution in [2.45, 2.75) is 36.8 Å². The summed E-state index contributed by atoms with van der Waals surface area (Å²) in [5.74, 6) is 0.562. The van der Waals surface area contributed by atoms with Gasteiger partial charge < -0.3 is 19.9 Å². The topological polar surface area (TPSA) is 84.9 Å². The van der Waals surface area contributed by atoms with Crippen LogP contribution < -0.4 is 5.32 Å². The second-order valence-electron chi connectivity index (χ2n) is 6.52. The third-order valence-electron chi connectivity index (χ3n) is 4.11. The third kappa shape index (κ3) is 9.05. The third-order valence-corrected chi connectivity index (χ3v) is 5.19. The Kier molecular flexibility index (Phi) is 10.4. The van der Waals surface area contributed by atoms with Crippen LogP contribution in [0.3, 0.4) is 0 Å². The summed E-state index contributed by atoms with van der Waals surface area (Å²) in [6, 6.07) is 15.6. The number of phenolic OH excluding ortho intramolecular Hbond substituents is 1. The summed E-state index contributed by atoms with van der Waals surface area (Å²) >= 11 is 1.63. The Balaban J connectivity index is 1.77. The largest absolute Gasteiger partial charge is 0.508 e. The van der Waals surface area contributed by atoms with Gasteiger partial charge in [0, 0.05) is 4.90 Å². The average Bonchev–Trinajstić information content (AvgIpc) is 2.75. The van der Waals surface area contributed by atoms with E-state index in [1.54, 1.807) is 30.0 Å². The average molecular weight is 430 g/mol. The maximum Gasteiger partial charge on any atom is 0.408 e. The first-order chi connectivity index (χ1) is 14.6. The number of unbranched alkanes of at least 4 members (excludes halogenated alkanes) is 1. The molecular weight excluding hydrogens is 402 g/mol. The Bertz CT molecular complexity index is 812. The van der Waals surface area contributed by atoms with Crippen LogP contribution in [0.1, 0.15) is 24.8 Å². The van der Waals surface area contributed by atoms with Crippen molar-refractivity contribution in [2.75, 3.05) is 12.4 Å². The molecule has 0 aromatic heterocycles. The predicted molar refractivity (Wildman–Crippen MR) is 117 cm³/mol. The minimum Gasteiger partial charge on any atom is -0.508 e. The lowest BCUT2D eigenvalue weighted by Gasteiger charge is -2.17. The van der Waals surface area contributed by atoms with Gasteiger partial charge in [0.05, 0.1) is 0 Å². The monoisotopic (exact) mass is 429 g/mol. The van der Waals surface area contributed by atoms with Crippen LogP contribution in [0.5, 0.6) is 5.75 Å². The number of carbonyl (C=O) groups excluding carboxylic acids is 2. The van der Waals surface area contributed by atoms with Gasteiger partial charge in [-0.25, -0.2) is 9.59 Å². The fourth-order valence-electron chi connectivity index (χ4n) is 2.61. The molecule has 2 aromatic rings. The van der Waals surface area contributed by atoms with E-state index in [0.29, 0.717) is 6.42 Å². The SMILES string of the molecule is C=CCOC(=O)[C@H](CCCCSc1cccc(O)c1)NC(=O)OCc1ccccc1. The summed E-state index contributed by atoms with van der Waals surface area (Å²) < 4.78 is 10.3. The molecule has 0 bridgehead atoms. The van der Waals surface area contributed by atoms with Gasteiger partial charge in [0.25, 0.3) is 0 Å². The quantitative estimate of drug-likeness (QED) is 0.221. The van der Waals surface area contributed by atoms with Crippen molar-refractivity contribution in [3.05, 3.63) is 72.8 Å². The van der Waals surface area contributed by atoms with Crippen molar-refractivity contribution in [3.63, 3.8) is 0 Å². The Morgan fingerprint density at radius 2 is 1.90 bits per heavy atom. The van der Waals surface area contributed by atoms with E-state index in [0.717, 1.165) is 29.1 Å². The van der Waals surface area contributed by atoms with Gasteiger partial charge >= 0.3 is 12.1 Å². The Labute approximate surface area is 181 Å². The Hall–Kier alpha value is -2.93. The van der Waals surface area contributed by atoms with Crippen LogP contribution in [0.15, 0.2) is 72.1 Å². The zero-order valence-corrected chi connectivity index (χ0v) is 17.6. The highest BCUT2D eigenvalue weighted by atomic mass is 32.2. The van der Waals surface area contributed by atoms with E-state index < -0.39 is 18.1 Å². The van der Waals surface area contributed by atoms with Gasteiger partial charge in [-0.2, -0.15) is 0 Å². The first kappa shape index (κ1) is 23.3. The van der Waals surface area contributed by atoms with Gasteiger partial charge in [-0.1, -0.05) is 49.1 Å². The van der Waals surface area contributed by atoms with Crippen molar-refractivity contribution in [1.29, 1.82) is 0 Å². The second kappa shape index (κ2) is 13.3. The highest BCUT2D eigenvalue weighted by Crippen LogP contribution is 2.23. The van der Waals surface area contributed by atoms with Crippen molar-refractivity contribution in [2.24, 2.45) is 0 Å². The van der Waals surface area contributed by atoms with Gasteiger partial charge in [0.15, 0.2) is 0 Å². The van der Waals surface area contributed by atoms with E-state index in [-0.39, 0.29) is 19.0 Å². The maximum atomic E-state index is 12.3. The Morgan fingerprint density at radius 3 is 2.63 bits per heavy atom. The molecule has 0 spiro atoms. The molecule has 2 aromatic carbocycles. The number of hydrogen-bond acceptors (Lipinski definition) is 6. The smallest absolute Gasteiger partial charge is 0.408 e. The molecule has 0 aliphatic heterocycles. The number of benzene rings is 2. The van der Waals surface area contributed by atoms with Crippen LogP contribution in [0.4, 0.5) is 4.79 Å². The molecule has 6 nitrogen and oxygen atoms in total. The van der Waals surface area contributed by atoms with E-state index in [9.17, 15) is 14.7 Å². The van der Waals surface area contributed by atoms with Crippen molar-refractivity contribution < 1.29 is 24.2 Å². The number of ether oxygens (including phenoxy) is 2. The molecule has 1 atom stereocenters. The molecule has 0 saturated heterocycles. The number of nitrogens with one attached hydrogen (secondary N) is 1. The normalized spacial score (nSPS) is 11.3. The minimum absolute atomic E-state index is 0.0867. The van der Waals surface area contributed by atoms with Crippen LogP contribution in [-0.4, -0.2) is 35.6 Å². The number of rotatable bonds is 12. The van der Waals surface area contributed by atoms with Crippen molar-refractivity contribution in [1.82, 2.24) is 5.32 Å². The molecule has 0 unspecified atom stereocenters. The molecule has 160 valence electrons. The molecule has 30 heavy (non-hydrogen) atoms. The number of aromatic hydroxyl groups is 1. The highest BCUT2D eigenvalue weighted by Gasteiger charge is 2.22. The summed E-state index contributed by atoms with van der Waals surface area (Å²) in [6.07, 6.45) is 2.82. The van der Waals surface area contributed by atoms with E-state index >= 15 is 0 Å². The number of amides is 1. The van der Waals surface area contributed by atoms with Gasteiger partial charge in [0.1, 0.15) is 25.0 Å². The molecule has 0 saturated carbocycles. The number of thioether (sulfide) groups is 1. The van der Waals surface area contributed by atoms with E-state index in [1.807, 2.05) is 36.4 Å². The van der Waals surface area contributed by atoms with Crippen LogP contribution in [-0.2, 0) is 20.9 Å². The molecule has 0 heterocycles. The Morgan fingerprint density at radius 1 is 1.10 bits per heavy atom. The van der Waals surface area contributed by atoms with Gasteiger partial charge in [-0.15, -0.1) is 11.8 Å². The summed E-state index contributed by atoms with van der Waals surface area (Å²) in [5.41, 5.74) is 0.863. The minimum atomic E-state index is -0.779. The van der Waals surface area contributed by atoms with Gasteiger partial charge in [-0.05, 0) is 48.8 Å². The van der Waals surface area contributed by atoms with Crippen LogP contribution in [0.25, 0.3) is 0 Å². The molecule has 0 radical (unpaired) electrons. The molecule has 1 amide bonds. The lowest BCUT2D eigenvalue weighted by atomic mass is 10.1.